The summed E-state index contributed by atoms with van der Waals surface area (Å²) in [7, 11) is 2.05. The number of amides is 2. The van der Waals surface area contributed by atoms with Gasteiger partial charge in [-0.25, -0.2) is 4.79 Å². The number of carbonyl (C=O) groups is 2. The zero-order valence-corrected chi connectivity index (χ0v) is 12.1. The molecule has 1 atom stereocenters. The van der Waals surface area contributed by atoms with Crippen molar-refractivity contribution in [2.75, 3.05) is 33.2 Å². The van der Waals surface area contributed by atoms with E-state index in [0.717, 1.165) is 13.0 Å². The molecule has 2 amide bonds. The number of hydrogen-bond acceptors (Lipinski definition) is 3. The molecule has 0 saturated carbocycles. The van der Waals surface area contributed by atoms with Crippen LogP contribution in [-0.2, 0) is 4.79 Å². The maximum Gasteiger partial charge on any atom is 0.317 e. The number of hydrogen-bond donors (Lipinski definition) is 2. The van der Waals surface area contributed by atoms with Crippen molar-refractivity contribution in [2.24, 2.45) is 5.92 Å². The molecule has 0 aliphatic carbocycles. The summed E-state index contributed by atoms with van der Waals surface area (Å²) in [6.07, 6.45) is 1.24. The first-order valence-electron chi connectivity index (χ1n) is 6.88. The van der Waals surface area contributed by atoms with E-state index in [-0.39, 0.29) is 18.4 Å². The van der Waals surface area contributed by atoms with Gasteiger partial charge in [0.25, 0.3) is 0 Å². The fraction of sp³-hybridized carbons (Fsp3) is 0.846. The highest BCUT2D eigenvalue weighted by molar-refractivity contribution is 5.75. The van der Waals surface area contributed by atoms with Gasteiger partial charge < -0.3 is 20.2 Å². The Balaban J connectivity index is 2.11. The lowest BCUT2D eigenvalue weighted by molar-refractivity contribution is -0.139. The van der Waals surface area contributed by atoms with Crippen LogP contribution in [0.15, 0.2) is 0 Å². The number of carboxylic acid groups (broad SMARTS) is 1. The summed E-state index contributed by atoms with van der Waals surface area (Å²) in [4.78, 5) is 26.1. The van der Waals surface area contributed by atoms with Gasteiger partial charge in [-0.15, -0.1) is 0 Å². The minimum atomic E-state index is -0.791. The zero-order chi connectivity index (χ0) is 14.4. The van der Waals surface area contributed by atoms with E-state index in [1.165, 1.54) is 0 Å². The molecule has 0 aromatic heterocycles. The van der Waals surface area contributed by atoms with E-state index < -0.39 is 5.97 Å². The number of carbonyl (C=O) groups excluding carboxylic acids is 1. The third-order valence-corrected chi connectivity index (χ3v) is 3.79. The summed E-state index contributed by atoms with van der Waals surface area (Å²) in [6, 6.07) is 0.431. The molecule has 1 heterocycles. The molecule has 0 aromatic carbocycles. The number of aliphatic carboxylic acids is 1. The fourth-order valence-electron chi connectivity index (χ4n) is 2.09. The number of carboxylic acids is 1. The Morgan fingerprint density at radius 2 is 2.11 bits per heavy atom. The lowest BCUT2D eigenvalue weighted by Gasteiger charge is -2.38. The van der Waals surface area contributed by atoms with Crippen molar-refractivity contribution in [3.05, 3.63) is 0 Å². The van der Waals surface area contributed by atoms with E-state index in [9.17, 15) is 9.59 Å². The summed E-state index contributed by atoms with van der Waals surface area (Å²) in [6.45, 7) is 6.86. The Morgan fingerprint density at radius 1 is 1.47 bits per heavy atom. The maximum absolute atomic E-state index is 11.7. The lowest BCUT2D eigenvalue weighted by atomic mass is 9.97. The van der Waals surface area contributed by atoms with Crippen LogP contribution in [0.25, 0.3) is 0 Å². The topological polar surface area (TPSA) is 72.9 Å². The summed E-state index contributed by atoms with van der Waals surface area (Å²) < 4.78 is 0. The van der Waals surface area contributed by atoms with Crippen LogP contribution < -0.4 is 5.32 Å². The highest BCUT2D eigenvalue weighted by Gasteiger charge is 2.31. The number of rotatable bonds is 7. The quantitative estimate of drug-likeness (QED) is 0.719. The van der Waals surface area contributed by atoms with Crippen LogP contribution in [0.1, 0.15) is 26.7 Å². The van der Waals surface area contributed by atoms with E-state index in [1.54, 1.807) is 4.90 Å². The van der Waals surface area contributed by atoms with Gasteiger partial charge in [0.2, 0.25) is 0 Å². The minimum Gasteiger partial charge on any atom is -0.481 e. The standard InChI is InChI=1S/C13H25N3O3/c1-4-10(2)15(3)6-5-14-13(19)16-8-11(9-16)7-12(17)18/h10-11H,4-9H2,1-3H3,(H,14,19)(H,17,18). The second kappa shape index (κ2) is 7.33. The molecule has 1 aliphatic heterocycles. The smallest absolute Gasteiger partial charge is 0.317 e. The van der Waals surface area contributed by atoms with Crippen molar-refractivity contribution in [3.8, 4) is 0 Å². The molecule has 0 radical (unpaired) electrons. The van der Waals surface area contributed by atoms with E-state index in [4.69, 9.17) is 5.11 Å². The molecule has 110 valence electrons. The first-order valence-corrected chi connectivity index (χ1v) is 6.88. The van der Waals surface area contributed by atoms with Gasteiger partial charge in [-0.1, -0.05) is 6.92 Å². The number of urea groups is 1. The van der Waals surface area contributed by atoms with Gasteiger partial charge in [0, 0.05) is 38.1 Å². The summed E-state index contributed by atoms with van der Waals surface area (Å²) in [5.74, 6) is -0.675. The van der Waals surface area contributed by atoms with Crippen LogP contribution in [-0.4, -0.2) is 66.2 Å². The lowest BCUT2D eigenvalue weighted by Crippen LogP contribution is -2.55. The second-order valence-corrected chi connectivity index (χ2v) is 5.34. The van der Waals surface area contributed by atoms with Crippen molar-refractivity contribution in [3.63, 3.8) is 0 Å². The van der Waals surface area contributed by atoms with Gasteiger partial charge in [-0.3, -0.25) is 4.79 Å². The molecule has 0 aromatic rings. The van der Waals surface area contributed by atoms with Crippen LogP contribution in [0.2, 0.25) is 0 Å². The summed E-state index contributed by atoms with van der Waals surface area (Å²) in [5.41, 5.74) is 0. The molecule has 1 rings (SSSR count). The predicted molar refractivity (Wildman–Crippen MR) is 73.1 cm³/mol. The summed E-state index contributed by atoms with van der Waals surface area (Å²) in [5, 5.41) is 11.5. The van der Waals surface area contributed by atoms with E-state index >= 15 is 0 Å². The molecule has 6 heteroatoms. The van der Waals surface area contributed by atoms with Gasteiger partial charge >= 0.3 is 12.0 Å². The molecule has 19 heavy (non-hydrogen) atoms. The Kier molecular flexibility index (Phi) is 6.08. The van der Waals surface area contributed by atoms with E-state index in [2.05, 4.69) is 24.1 Å². The van der Waals surface area contributed by atoms with Crippen LogP contribution in [0.3, 0.4) is 0 Å². The van der Waals surface area contributed by atoms with Crippen LogP contribution in [0.5, 0.6) is 0 Å². The van der Waals surface area contributed by atoms with E-state index in [0.29, 0.717) is 25.7 Å². The second-order valence-electron chi connectivity index (χ2n) is 5.34. The SMILES string of the molecule is CCC(C)N(C)CCNC(=O)N1CC(CC(=O)O)C1. The molecule has 6 nitrogen and oxygen atoms in total. The summed E-state index contributed by atoms with van der Waals surface area (Å²) >= 11 is 0. The van der Waals surface area contributed by atoms with Gasteiger partial charge in [-0.05, 0) is 20.4 Å². The van der Waals surface area contributed by atoms with Crippen LogP contribution in [0, 0.1) is 5.92 Å². The minimum absolute atomic E-state index is 0.0841. The zero-order valence-electron chi connectivity index (χ0n) is 12.1. The van der Waals surface area contributed by atoms with Crippen LogP contribution in [0.4, 0.5) is 4.79 Å². The molecule has 2 N–H and O–H groups in total. The van der Waals surface area contributed by atoms with Crippen LogP contribution >= 0.6 is 0 Å². The molecular formula is C13H25N3O3. The molecule has 1 unspecified atom stereocenters. The fourth-order valence-corrected chi connectivity index (χ4v) is 2.09. The molecule has 1 fully saturated rings. The number of likely N-dealkylation sites (tertiary alicyclic amines) is 1. The average Bonchev–Trinajstić information content (AvgIpc) is 2.31. The Morgan fingerprint density at radius 3 is 2.63 bits per heavy atom. The van der Waals surface area contributed by atoms with Gasteiger partial charge in [0.05, 0.1) is 6.42 Å². The Labute approximate surface area is 114 Å². The van der Waals surface area contributed by atoms with Crippen molar-refractivity contribution in [2.45, 2.75) is 32.7 Å². The highest BCUT2D eigenvalue weighted by Crippen LogP contribution is 2.18. The van der Waals surface area contributed by atoms with Crippen molar-refractivity contribution in [1.29, 1.82) is 0 Å². The third kappa shape index (κ3) is 5.06. The number of likely N-dealkylation sites (N-methyl/N-ethyl adjacent to an activating group) is 1. The molecule has 0 bridgehead atoms. The van der Waals surface area contributed by atoms with Crippen molar-refractivity contribution in [1.82, 2.24) is 15.1 Å². The van der Waals surface area contributed by atoms with Crippen molar-refractivity contribution >= 4 is 12.0 Å². The van der Waals surface area contributed by atoms with Gasteiger partial charge in [0.15, 0.2) is 0 Å². The Hall–Kier alpha value is -1.30. The Bertz CT molecular complexity index is 316. The number of nitrogens with zero attached hydrogens (tertiary/aromatic N) is 2. The van der Waals surface area contributed by atoms with E-state index in [1.807, 2.05) is 7.05 Å². The maximum atomic E-state index is 11.7. The monoisotopic (exact) mass is 271 g/mol. The molecule has 1 aliphatic rings. The third-order valence-electron chi connectivity index (χ3n) is 3.79. The van der Waals surface area contributed by atoms with Gasteiger partial charge in [0.1, 0.15) is 0 Å². The average molecular weight is 271 g/mol. The molecule has 0 spiro atoms. The van der Waals surface area contributed by atoms with Crippen molar-refractivity contribution < 1.29 is 14.7 Å². The highest BCUT2D eigenvalue weighted by atomic mass is 16.4. The first kappa shape index (κ1) is 15.8. The largest absolute Gasteiger partial charge is 0.481 e. The first-order chi connectivity index (χ1) is 8.93. The molecular weight excluding hydrogens is 246 g/mol. The molecule has 1 saturated heterocycles. The van der Waals surface area contributed by atoms with Gasteiger partial charge in [-0.2, -0.15) is 0 Å². The predicted octanol–water partition coefficient (Wildman–Crippen LogP) is 0.833. The number of nitrogens with one attached hydrogen (secondary N) is 1. The normalized spacial score (nSPS) is 17.2.